The maximum Gasteiger partial charge on any atom is 0.472 e. The fraction of sp³-hybridized carbons (Fsp3) is 0.890. The van der Waals surface area contributed by atoms with E-state index in [4.69, 9.17) is 37.0 Å². The first-order valence-electron chi connectivity index (χ1n) is 37.6. The van der Waals surface area contributed by atoms with Crippen molar-refractivity contribution in [2.24, 2.45) is 0 Å². The van der Waals surface area contributed by atoms with Gasteiger partial charge in [-0.1, -0.05) is 309 Å². The van der Waals surface area contributed by atoms with E-state index in [1.165, 1.54) is 161 Å². The third kappa shape index (κ3) is 66.2. The van der Waals surface area contributed by atoms with E-state index in [9.17, 15) is 43.2 Å². The Kier molecular flexibility index (Phi) is 65.3. The average Bonchev–Trinajstić information content (AvgIpc) is 3.33. The molecule has 0 aliphatic rings. The molecule has 542 valence electrons. The van der Waals surface area contributed by atoms with Crippen LogP contribution in [0.25, 0.3) is 0 Å². The molecule has 5 atom stereocenters. The predicted molar refractivity (Wildman–Crippen MR) is 372 cm³/mol. The summed E-state index contributed by atoms with van der Waals surface area (Å²) >= 11 is 0. The van der Waals surface area contributed by atoms with Crippen LogP contribution in [-0.4, -0.2) is 96.7 Å². The molecule has 0 rings (SSSR count). The Hall–Kier alpha value is -2.46. The van der Waals surface area contributed by atoms with Gasteiger partial charge in [-0.3, -0.25) is 37.3 Å². The van der Waals surface area contributed by atoms with Crippen LogP contribution in [0.5, 0.6) is 0 Å². The first-order chi connectivity index (χ1) is 44.7. The van der Waals surface area contributed by atoms with Gasteiger partial charge >= 0.3 is 39.5 Å². The molecule has 0 saturated carbocycles. The molecule has 5 unspecified atom stereocenters. The number of allylic oxidation sites excluding steroid dienone is 4. The predicted octanol–water partition coefficient (Wildman–Crippen LogP) is 21.0. The highest BCUT2D eigenvalue weighted by molar-refractivity contribution is 7.47. The molecule has 0 spiro atoms. The highest BCUT2D eigenvalue weighted by Crippen LogP contribution is 2.45. The molecule has 0 fully saturated rings. The molecule has 92 heavy (non-hydrogen) atoms. The van der Waals surface area contributed by atoms with Crippen LogP contribution >= 0.6 is 15.6 Å². The number of hydrogen-bond donors (Lipinski definition) is 3. The smallest absolute Gasteiger partial charge is 0.462 e. The zero-order chi connectivity index (χ0) is 67.5. The Morgan fingerprint density at radius 1 is 0.304 bits per heavy atom. The molecular formula is C73H138O17P2. The first kappa shape index (κ1) is 89.5. The summed E-state index contributed by atoms with van der Waals surface area (Å²) < 4.78 is 68.4. The van der Waals surface area contributed by atoms with Gasteiger partial charge in [0, 0.05) is 25.7 Å². The quantitative estimate of drug-likeness (QED) is 0.0169. The lowest BCUT2D eigenvalue weighted by atomic mass is 10.0. The molecule has 17 nitrogen and oxygen atoms in total. The zero-order valence-corrected chi connectivity index (χ0v) is 60.8. The fourth-order valence-electron chi connectivity index (χ4n) is 10.7. The summed E-state index contributed by atoms with van der Waals surface area (Å²) in [6.07, 6.45) is 58.9. The monoisotopic (exact) mass is 1350 g/mol. The summed E-state index contributed by atoms with van der Waals surface area (Å²) in [5.41, 5.74) is 0. The molecule has 0 heterocycles. The van der Waals surface area contributed by atoms with Crippen LogP contribution < -0.4 is 0 Å². The molecule has 3 N–H and O–H groups in total. The van der Waals surface area contributed by atoms with Crippen molar-refractivity contribution in [3.8, 4) is 0 Å². The third-order valence-electron chi connectivity index (χ3n) is 16.4. The summed E-state index contributed by atoms with van der Waals surface area (Å²) in [7, 11) is -9.91. The summed E-state index contributed by atoms with van der Waals surface area (Å²) in [6.45, 7) is 4.86. The van der Waals surface area contributed by atoms with E-state index < -0.39 is 97.5 Å². The van der Waals surface area contributed by atoms with Gasteiger partial charge in [-0.15, -0.1) is 0 Å². The Bertz CT molecular complexity index is 1850. The van der Waals surface area contributed by atoms with Crippen molar-refractivity contribution in [3.63, 3.8) is 0 Å². The normalized spacial score (nSPS) is 14.1. The number of carbonyl (C=O) groups is 4. The van der Waals surface area contributed by atoms with Crippen LogP contribution in [0.3, 0.4) is 0 Å². The lowest BCUT2D eigenvalue weighted by Gasteiger charge is -2.21. The Balaban J connectivity index is 5.26. The summed E-state index contributed by atoms with van der Waals surface area (Å²) in [4.78, 5) is 72.7. The number of aliphatic hydroxyl groups is 1. The van der Waals surface area contributed by atoms with Crippen LogP contribution in [0.2, 0.25) is 0 Å². The summed E-state index contributed by atoms with van der Waals surface area (Å²) in [5, 5.41) is 10.6. The number of phosphoric acid groups is 2. The zero-order valence-electron chi connectivity index (χ0n) is 59.0. The highest BCUT2D eigenvalue weighted by Gasteiger charge is 2.30. The number of carbonyl (C=O) groups excluding carboxylic acids is 4. The molecule has 0 amide bonds. The van der Waals surface area contributed by atoms with Gasteiger partial charge in [0.1, 0.15) is 19.3 Å². The van der Waals surface area contributed by atoms with Crippen molar-refractivity contribution >= 4 is 39.5 Å². The van der Waals surface area contributed by atoms with Crippen molar-refractivity contribution in [1.82, 2.24) is 0 Å². The molecule has 0 aromatic carbocycles. The second kappa shape index (κ2) is 67.1. The molecular weight excluding hydrogens is 1210 g/mol. The van der Waals surface area contributed by atoms with Crippen molar-refractivity contribution < 1.29 is 80.2 Å². The largest absolute Gasteiger partial charge is 0.472 e. The SMILES string of the molecule is CCC/C=C\C/C=C\CCCCCCCC(=O)OCC(COP(=O)(O)OCC(O)COP(=O)(O)OCC(COC(=O)CCCCCCCCCCCCCCCCC)OC(=O)CCCCCCCCCCCCC)OC(=O)CCCCCCCCCCCCCCC. The fourth-order valence-corrected chi connectivity index (χ4v) is 12.3. The van der Waals surface area contributed by atoms with Gasteiger partial charge in [-0.2, -0.15) is 0 Å². The number of unbranched alkanes of at least 4 members (excludes halogenated alkanes) is 42. The molecule has 0 saturated heterocycles. The summed E-state index contributed by atoms with van der Waals surface area (Å²) in [6, 6.07) is 0. The van der Waals surface area contributed by atoms with E-state index in [1.807, 2.05) is 0 Å². The second-order valence-corrected chi connectivity index (χ2v) is 28.5. The minimum Gasteiger partial charge on any atom is -0.462 e. The number of hydrogen-bond acceptors (Lipinski definition) is 15. The molecule has 0 bridgehead atoms. The van der Waals surface area contributed by atoms with Crippen molar-refractivity contribution in [2.45, 2.75) is 380 Å². The number of aliphatic hydroxyl groups excluding tert-OH is 1. The number of phosphoric ester groups is 2. The van der Waals surface area contributed by atoms with Crippen LogP contribution in [0.15, 0.2) is 24.3 Å². The highest BCUT2D eigenvalue weighted by atomic mass is 31.2. The standard InChI is InChI=1S/C73H138O17P2/c1-5-9-13-17-21-25-29-32-33-36-39-42-46-50-54-58-71(76)84-63-68(89-72(77)59-55-51-47-43-37-28-24-20-16-12-8-4)65-87-91(79,80)85-61-67(74)62-86-92(81,82)88-66-69(90-73(78)60-56-52-48-44-40-35-31-27-23-19-15-11-7-3)64-83-70(75)57-53-49-45-41-38-34-30-26-22-18-14-10-6-2/h14,18,26,30,67-69,74H,5-13,15-17,19-25,27-29,31-66H2,1-4H3,(H,79,80)(H,81,82)/b18-14-,30-26-. The Morgan fingerprint density at radius 3 is 0.848 bits per heavy atom. The average molecular weight is 1350 g/mol. The molecule has 0 radical (unpaired) electrons. The minimum absolute atomic E-state index is 0.101. The Morgan fingerprint density at radius 2 is 0.554 bits per heavy atom. The topological polar surface area (TPSA) is 237 Å². The van der Waals surface area contributed by atoms with Gasteiger partial charge in [0.15, 0.2) is 12.2 Å². The molecule has 0 aliphatic carbocycles. The minimum atomic E-state index is -4.96. The van der Waals surface area contributed by atoms with E-state index >= 15 is 0 Å². The van der Waals surface area contributed by atoms with Gasteiger partial charge in [0.05, 0.1) is 26.4 Å². The van der Waals surface area contributed by atoms with Gasteiger partial charge in [-0.25, -0.2) is 9.13 Å². The van der Waals surface area contributed by atoms with Crippen LogP contribution in [0.1, 0.15) is 362 Å². The van der Waals surface area contributed by atoms with Crippen LogP contribution in [0.4, 0.5) is 0 Å². The number of ether oxygens (including phenoxy) is 4. The van der Waals surface area contributed by atoms with Gasteiger partial charge in [0.2, 0.25) is 0 Å². The van der Waals surface area contributed by atoms with Crippen molar-refractivity contribution in [1.29, 1.82) is 0 Å². The van der Waals surface area contributed by atoms with Crippen molar-refractivity contribution in [3.05, 3.63) is 24.3 Å². The molecule has 0 aliphatic heterocycles. The number of rotatable bonds is 72. The van der Waals surface area contributed by atoms with E-state index in [-0.39, 0.29) is 25.7 Å². The van der Waals surface area contributed by atoms with E-state index in [1.54, 1.807) is 0 Å². The van der Waals surface area contributed by atoms with E-state index in [0.717, 1.165) is 122 Å². The van der Waals surface area contributed by atoms with Crippen molar-refractivity contribution in [2.75, 3.05) is 39.6 Å². The van der Waals surface area contributed by atoms with E-state index in [0.29, 0.717) is 25.7 Å². The van der Waals surface area contributed by atoms with Gasteiger partial charge in [-0.05, 0) is 51.4 Å². The first-order valence-corrected chi connectivity index (χ1v) is 40.6. The van der Waals surface area contributed by atoms with Crippen LogP contribution in [0, 0.1) is 0 Å². The second-order valence-electron chi connectivity index (χ2n) is 25.6. The van der Waals surface area contributed by atoms with Gasteiger partial charge in [0.25, 0.3) is 0 Å². The lowest BCUT2D eigenvalue weighted by Crippen LogP contribution is -2.30. The molecule has 0 aromatic rings. The maximum atomic E-state index is 13.0. The number of esters is 4. The Labute approximate surface area is 561 Å². The third-order valence-corrected chi connectivity index (χ3v) is 18.3. The van der Waals surface area contributed by atoms with E-state index in [2.05, 4.69) is 52.0 Å². The maximum absolute atomic E-state index is 13.0. The lowest BCUT2D eigenvalue weighted by molar-refractivity contribution is -0.161. The summed E-state index contributed by atoms with van der Waals surface area (Å²) in [5.74, 6) is -2.14. The molecule has 19 heteroatoms. The molecule has 0 aromatic heterocycles. The van der Waals surface area contributed by atoms with Crippen LogP contribution in [-0.2, 0) is 65.4 Å². The van der Waals surface area contributed by atoms with Gasteiger partial charge < -0.3 is 33.8 Å².